The number of benzene rings is 2. The first-order chi connectivity index (χ1) is 29.9. The second kappa shape index (κ2) is 13.0. The summed E-state index contributed by atoms with van der Waals surface area (Å²) in [7, 11) is 8.71. The number of hydrogen-bond acceptors (Lipinski definition) is 14. The Morgan fingerprint density at radius 3 is 1.32 bits per heavy atom. The van der Waals surface area contributed by atoms with Gasteiger partial charge in [0.15, 0.2) is 34.2 Å². The minimum absolute atomic E-state index is 0.222. The maximum absolute atomic E-state index is 16.5. The molecule has 0 aromatic heterocycles. The normalized spacial score (nSPS) is 36.9. The molecule has 2 aromatic rings. The Morgan fingerprint density at radius 2 is 0.952 bits per heavy atom. The van der Waals surface area contributed by atoms with Gasteiger partial charge in [0.2, 0.25) is 0 Å². The Kier molecular flexibility index (Phi) is 8.28. The Labute approximate surface area is 359 Å². The van der Waals surface area contributed by atoms with Crippen LogP contribution in [0.2, 0.25) is 0 Å². The molecule has 4 unspecified atom stereocenters. The van der Waals surface area contributed by atoms with Crippen molar-refractivity contribution in [2.24, 2.45) is 11.8 Å². The first kappa shape index (κ1) is 39.4. The number of methoxy groups -OCH3 is 6. The van der Waals surface area contributed by atoms with Crippen LogP contribution in [0.15, 0.2) is 48.6 Å². The monoisotopic (exact) mass is 852 g/mol. The molecule has 16 heteroatoms. The number of hydrogen-bond donors (Lipinski definition) is 0. The van der Waals surface area contributed by atoms with Gasteiger partial charge in [0.25, 0.3) is 0 Å². The molecule has 16 nitrogen and oxygen atoms in total. The average molecular weight is 853 g/mol. The molecule has 2 aliphatic carbocycles. The molecule has 9 aliphatic heterocycles. The molecule has 328 valence electrons. The largest absolute Gasteiger partial charge is 0.493 e. The SMILES string of the molecule is COC(=O)N1c2cc(OC)c(OC)cc2C23CCN4CC=CC45CC[C@]12C(C5)C(=O)O[C@@]12CCN4CC=CC45CC[C@]1([C@H](C5)C(=O)O3)N(C(=O)OC)c1cc(OC)c(OC)cc12. The van der Waals surface area contributed by atoms with Crippen LogP contribution in [0.1, 0.15) is 62.5 Å². The lowest BCUT2D eigenvalue weighted by molar-refractivity contribution is -0.229. The third kappa shape index (κ3) is 4.39. The summed E-state index contributed by atoms with van der Waals surface area (Å²) in [6, 6.07) is 6.99. The lowest BCUT2D eigenvalue weighted by Crippen LogP contribution is -2.77. The zero-order chi connectivity index (χ0) is 43.2. The van der Waals surface area contributed by atoms with Crippen LogP contribution in [-0.4, -0.2) is 125 Å². The molecule has 5 saturated heterocycles. The quantitative estimate of drug-likeness (QED) is 0.225. The Bertz CT molecular complexity index is 2240. The van der Waals surface area contributed by atoms with Gasteiger partial charge in [0, 0.05) is 73.4 Å². The fourth-order valence-electron chi connectivity index (χ4n) is 14.2. The minimum atomic E-state index is -1.64. The van der Waals surface area contributed by atoms with Gasteiger partial charge in [-0.15, -0.1) is 0 Å². The van der Waals surface area contributed by atoms with Gasteiger partial charge in [-0.3, -0.25) is 29.2 Å². The van der Waals surface area contributed by atoms with Crippen LogP contribution in [0.25, 0.3) is 0 Å². The number of carbonyl (C=O) groups excluding carboxylic acids is 4. The standard InChI is InChI=1S/C46H52N4O12/c1-55-33-21-27-31(23-35(33)57-3)49(39(53)59-5)43-13-11-41-9-7-17-47(41)19-15-45(27,43)61-37(51)30-26-42-10-8-18-48(42)20-16-46(62-38(52)29(43)25-41)28-22-34(56-2)36(58-4)24-32(28)50(40(54)60-6)44(30,46)14-12-42/h7-10,21-24,29-30H,11-20,25-26H2,1-6H3/t29-,30?,41?,42?,43-,44-,45-,46?/m1/s1. The lowest BCUT2D eigenvalue weighted by atomic mass is 9.54. The van der Waals surface area contributed by atoms with Gasteiger partial charge in [0.1, 0.15) is 11.1 Å². The summed E-state index contributed by atoms with van der Waals surface area (Å²) in [4.78, 5) is 70.2. The highest BCUT2D eigenvalue weighted by Gasteiger charge is 2.80. The first-order valence-electron chi connectivity index (χ1n) is 21.5. The number of nitrogens with zero attached hydrogens (tertiary/aromatic N) is 4. The van der Waals surface area contributed by atoms with Gasteiger partial charge >= 0.3 is 24.1 Å². The van der Waals surface area contributed by atoms with Gasteiger partial charge in [-0.1, -0.05) is 24.3 Å². The topological polar surface area (TPSA) is 155 Å². The predicted octanol–water partition coefficient (Wildman–Crippen LogP) is 5.19. The number of rotatable bonds is 4. The number of fused-ring (bicyclic) bond motifs is 6. The van der Waals surface area contributed by atoms with E-state index in [0.717, 1.165) is 0 Å². The summed E-state index contributed by atoms with van der Waals surface area (Å²) in [5, 5.41) is 0. The molecule has 62 heavy (non-hydrogen) atoms. The minimum Gasteiger partial charge on any atom is -0.493 e. The summed E-state index contributed by atoms with van der Waals surface area (Å²) in [5.41, 5.74) is -5.64. The van der Waals surface area contributed by atoms with Gasteiger partial charge < -0.3 is 37.9 Å². The maximum atomic E-state index is 16.5. The van der Waals surface area contributed by atoms with Crippen LogP contribution < -0.4 is 28.7 Å². The van der Waals surface area contributed by atoms with Crippen molar-refractivity contribution in [2.75, 3.05) is 78.6 Å². The highest BCUT2D eigenvalue weighted by molar-refractivity contribution is 6.00. The van der Waals surface area contributed by atoms with Crippen molar-refractivity contribution in [3.8, 4) is 23.0 Å². The molecule has 8 atom stereocenters. The van der Waals surface area contributed by atoms with Crippen molar-refractivity contribution in [3.05, 3.63) is 59.7 Å². The number of carbonyl (C=O) groups is 4. The summed E-state index contributed by atoms with van der Waals surface area (Å²) in [6.07, 6.45) is 9.79. The van der Waals surface area contributed by atoms with E-state index < -0.39 is 69.3 Å². The van der Waals surface area contributed by atoms with Gasteiger partial charge in [-0.2, -0.15) is 0 Å². The van der Waals surface area contributed by atoms with Crippen molar-refractivity contribution in [3.63, 3.8) is 0 Å². The lowest BCUT2D eigenvalue weighted by Gasteiger charge is -2.64. The maximum Gasteiger partial charge on any atom is 0.414 e. The Hall–Kier alpha value is -5.48. The van der Waals surface area contributed by atoms with E-state index in [1.807, 2.05) is 0 Å². The molecule has 7 fully saturated rings. The molecule has 0 radical (unpaired) electrons. The molecule has 9 heterocycles. The average Bonchev–Trinajstić information content (AvgIpc) is 3.97. The van der Waals surface area contributed by atoms with Crippen molar-refractivity contribution in [2.45, 2.75) is 84.7 Å². The smallest absolute Gasteiger partial charge is 0.414 e. The van der Waals surface area contributed by atoms with Gasteiger partial charge in [0.05, 0.1) is 65.9 Å². The molecule has 4 spiro atoms. The molecule has 11 aliphatic rings. The molecular formula is C46H52N4O12. The Balaban J connectivity index is 1.25. The van der Waals surface area contributed by atoms with Crippen LogP contribution >= 0.6 is 0 Å². The van der Waals surface area contributed by atoms with E-state index in [0.29, 0.717) is 84.5 Å². The summed E-state index contributed by atoms with van der Waals surface area (Å²) < 4.78 is 49.7. The van der Waals surface area contributed by atoms with Crippen molar-refractivity contribution < 1.29 is 57.1 Å². The van der Waals surface area contributed by atoms with E-state index in [-0.39, 0.29) is 38.5 Å². The zero-order valence-corrected chi connectivity index (χ0v) is 35.9. The van der Waals surface area contributed by atoms with Gasteiger partial charge in [-0.05, 0) is 50.7 Å². The van der Waals surface area contributed by atoms with E-state index in [2.05, 4.69) is 34.1 Å². The van der Waals surface area contributed by atoms with Crippen molar-refractivity contribution in [1.82, 2.24) is 9.80 Å². The second-order valence-corrected chi connectivity index (χ2v) is 18.3. The summed E-state index contributed by atoms with van der Waals surface area (Å²) >= 11 is 0. The van der Waals surface area contributed by atoms with Crippen LogP contribution in [0, 0.1) is 11.8 Å². The van der Waals surface area contributed by atoms with E-state index in [1.165, 1.54) is 42.7 Å². The number of amides is 2. The first-order valence-corrected chi connectivity index (χ1v) is 21.5. The van der Waals surface area contributed by atoms with E-state index in [1.54, 1.807) is 34.1 Å². The molecule has 13 rings (SSSR count). The molecule has 8 bridgehead atoms. The third-order valence-corrected chi connectivity index (χ3v) is 16.8. The number of anilines is 2. The molecule has 0 N–H and O–H groups in total. The number of esters is 2. The van der Waals surface area contributed by atoms with Crippen LogP contribution in [0.3, 0.4) is 0 Å². The predicted molar refractivity (Wildman–Crippen MR) is 221 cm³/mol. The third-order valence-electron chi connectivity index (χ3n) is 16.8. The molecular weight excluding hydrogens is 801 g/mol. The number of ether oxygens (including phenoxy) is 8. The van der Waals surface area contributed by atoms with Crippen molar-refractivity contribution >= 4 is 35.5 Å². The molecule has 2 aromatic carbocycles. The molecule has 2 amide bonds. The highest BCUT2D eigenvalue weighted by Crippen LogP contribution is 2.71. The van der Waals surface area contributed by atoms with E-state index in [9.17, 15) is 9.59 Å². The van der Waals surface area contributed by atoms with Crippen LogP contribution in [-0.2, 0) is 39.7 Å². The zero-order valence-electron chi connectivity index (χ0n) is 35.9. The fourth-order valence-corrected chi connectivity index (χ4v) is 14.2. The summed E-state index contributed by atoms with van der Waals surface area (Å²) in [5.74, 6) is -1.89. The van der Waals surface area contributed by atoms with Crippen LogP contribution in [0.5, 0.6) is 23.0 Å². The fraction of sp³-hybridized carbons (Fsp3) is 0.565. The summed E-state index contributed by atoms with van der Waals surface area (Å²) in [6.45, 7) is 2.24. The van der Waals surface area contributed by atoms with Gasteiger partial charge in [-0.25, -0.2) is 9.59 Å². The van der Waals surface area contributed by atoms with E-state index in [4.69, 9.17) is 37.9 Å². The van der Waals surface area contributed by atoms with Crippen molar-refractivity contribution in [1.29, 1.82) is 0 Å². The molecule has 2 saturated carbocycles. The van der Waals surface area contributed by atoms with Crippen LogP contribution in [0.4, 0.5) is 21.0 Å². The van der Waals surface area contributed by atoms with E-state index >= 15 is 9.59 Å². The highest BCUT2D eigenvalue weighted by atomic mass is 16.6. The second-order valence-electron chi connectivity index (χ2n) is 18.3. The Morgan fingerprint density at radius 1 is 0.565 bits per heavy atom.